The highest BCUT2D eigenvalue weighted by Gasteiger charge is 2.37. The van der Waals surface area contributed by atoms with E-state index in [1.807, 2.05) is 35.7 Å². The van der Waals surface area contributed by atoms with Crippen molar-refractivity contribution in [1.82, 2.24) is 10.2 Å². The average molecular weight is 555 g/mol. The highest BCUT2D eigenvalue weighted by molar-refractivity contribution is 7.10. The topological polar surface area (TPSA) is 32.3 Å². The Hall–Kier alpha value is -2.85. The Morgan fingerprint density at radius 3 is 2.11 bits per heavy atom. The molecule has 204 valence electrons. The number of hydrogen-bond donors (Lipinski definition) is 1. The normalized spacial score (nSPS) is 16.4. The Labute approximate surface area is 221 Å². The number of benzene rings is 2. The molecule has 4 rings (SSSR count). The summed E-state index contributed by atoms with van der Waals surface area (Å²) in [6, 6.07) is 15.4. The third-order valence-corrected chi connectivity index (χ3v) is 7.90. The van der Waals surface area contributed by atoms with E-state index in [9.17, 15) is 31.1 Å². The molecule has 0 radical (unpaired) electrons. The summed E-state index contributed by atoms with van der Waals surface area (Å²) in [6.45, 7) is 2.01. The lowest BCUT2D eigenvalue weighted by molar-refractivity contribution is -0.143. The zero-order chi connectivity index (χ0) is 27.3. The van der Waals surface area contributed by atoms with Gasteiger partial charge in [0.2, 0.25) is 5.91 Å². The van der Waals surface area contributed by atoms with Crippen LogP contribution in [0.4, 0.5) is 26.3 Å². The van der Waals surface area contributed by atoms with Gasteiger partial charge in [0.25, 0.3) is 0 Å². The van der Waals surface area contributed by atoms with Gasteiger partial charge < -0.3 is 10.2 Å². The predicted octanol–water partition coefficient (Wildman–Crippen LogP) is 7.46. The van der Waals surface area contributed by atoms with Gasteiger partial charge in [-0.05, 0) is 85.6 Å². The molecule has 1 saturated heterocycles. The van der Waals surface area contributed by atoms with E-state index in [1.165, 1.54) is 16.9 Å². The van der Waals surface area contributed by atoms with E-state index in [4.69, 9.17) is 0 Å². The number of amides is 1. The van der Waals surface area contributed by atoms with Crippen molar-refractivity contribution in [3.63, 3.8) is 0 Å². The molecule has 1 aromatic heterocycles. The van der Waals surface area contributed by atoms with Crippen LogP contribution in [0.15, 0.2) is 66.0 Å². The van der Waals surface area contributed by atoms with Crippen LogP contribution in [-0.4, -0.2) is 30.4 Å². The van der Waals surface area contributed by atoms with Crippen LogP contribution in [0.25, 0.3) is 0 Å². The molecule has 3 aromatic rings. The Morgan fingerprint density at radius 1 is 0.921 bits per heavy atom. The van der Waals surface area contributed by atoms with Crippen molar-refractivity contribution in [3.05, 3.63) is 93.2 Å². The molecule has 38 heavy (non-hydrogen) atoms. The van der Waals surface area contributed by atoms with Gasteiger partial charge in [-0.2, -0.15) is 26.3 Å². The van der Waals surface area contributed by atoms with Crippen molar-refractivity contribution in [2.45, 2.75) is 50.0 Å². The number of thiophene rings is 1. The smallest absolute Gasteiger partial charge is 0.351 e. The first kappa shape index (κ1) is 28.2. The lowest BCUT2D eigenvalue weighted by atomic mass is 9.89. The Bertz CT molecular complexity index is 1150. The Kier molecular flexibility index (Phi) is 8.82. The van der Waals surface area contributed by atoms with Crippen molar-refractivity contribution in [2.24, 2.45) is 0 Å². The van der Waals surface area contributed by atoms with E-state index in [0.717, 1.165) is 30.8 Å². The number of hydrogen-bond acceptors (Lipinski definition) is 3. The van der Waals surface area contributed by atoms with Gasteiger partial charge in [-0.25, -0.2) is 0 Å². The zero-order valence-corrected chi connectivity index (χ0v) is 21.3. The number of carbonyl (C=O) groups excluding carboxylic acids is 1. The maximum Gasteiger partial charge on any atom is 0.416 e. The fraction of sp³-hybridized carbons (Fsp3) is 0.393. The zero-order valence-electron chi connectivity index (χ0n) is 20.5. The largest absolute Gasteiger partial charge is 0.416 e. The lowest BCUT2D eigenvalue weighted by Gasteiger charge is -2.33. The summed E-state index contributed by atoms with van der Waals surface area (Å²) in [4.78, 5) is 16.2. The van der Waals surface area contributed by atoms with Gasteiger partial charge in [-0.1, -0.05) is 36.4 Å². The predicted molar refractivity (Wildman–Crippen MR) is 135 cm³/mol. The monoisotopic (exact) mass is 554 g/mol. The van der Waals surface area contributed by atoms with E-state index in [0.29, 0.717) is 31.0 Å². The van der Waals surface area contributed by atoms with E-state index in [1.54, 1.807) is 0 Å². The van der Waals surface area contributed by atoms with E-state index in [-0.39, 0.29) is 11.6 Å². The molecule has 0 aliphatic carbocycles. The van der Waals surface area contributed by atoms with Crippen LogP contribution < -0.4 is 5.32 Å². The summed E-state index contributed by atoms with van der Waals surface area (Å²) in [5, 5.41) is 4.41. The molecule has 1 fully saturated rings. The number of nitrogens with one attached hydrogen (secondary N) is 1. The number of rotatable bonds is 8. The lowest BCUT2D eigenvalue weighted by Crippen LogP contribution is -2.36. The molecule has 1 aliphatic rings. The quantitative estimate of drug-likeness (QED) is 0.293. The summed E-state index contributed by atoms with van der Waals surface area (Å²) in [5.41, 5.74) is -1.73. The minimum absolute atomic E-state index is 0.0841. The van der Waals surface area contributed by atoms with Gasteiger partial charge in [0, 0.05) is 11.4 Å². The second-order valence-corrected chi connectivity index (χ2v) is 10.5. The van der Waals surface area contributed by atoms with E-state index < -0.39 is 41.8 Å². The van der Waals surface area contributed by atoms with Gasteiger partial charge in [-0.15, -0.1) is 11.3 Å². The van der Waals surface area contributed by atoms with Crippen LogP contribution in [0.3, 0.4) is 0 Å². The molecular weight excluding hydrogens is 526 g/mol. The van der Waals surface area contributed by atoms with E-state index >= 15 is 0 Å². The molecule has 1 unspecified atom stereocenters. The van der Waals surface area contributed by atoms with Crippen molar-refractivity contribution < 1.29 is 31.1 Å². The SMILES string of the molecule is O=C(NCc1cc(C(F)(F)F)cc(C(F)(F)F)c1)C(CCN1CCC(c2ccccc2)CC1)c1cccs1. The third kappa shape index (κ3) is 7.38. The molecule has 1 amide bonds. The highest BCUT2D eigenvalue weighted by Crippen LogP contribution is 2.36. The van der Waals surface area contributed by atoms with Crippen LogP contribution in [0, 0.1) is 0 Å². The second kappa shape index (κ2) is 11.9. The van der Waals surface area contributed by atoms with Crippen molar-refractivity contribution in [3.8, 4) is 0 Å². The van der Waals surface area contributed by atoms with Crippen molar-refractivity contribution >= 4 is 17.2 Å². The van der Waals surface area contributed by atoms with Crippen LogP contribution >= 0.6 is 11.3 Å². The van der Waals surface area contributed by atoms with E-state index in [2.05, 4.69) is 22.3 Å². The van der Waals surface area contributed by atoms with Crippen LogP contribution in [0.1, 0.15) is 58.2 Å². The molecule has 2 aromatic carbocycles. The Morgan fingerprint density at radius 2 is 1.55 bits per heavy atom. The van der Waals surface area contributed by atoms with Crippen LogP contribution in [0.2, 0.25) is 0 Å². The molecule has 1 N–H and O–H groups in total. The number of carbonyl (C=O) groups is 1. The summed E-state index contributed by atoms with van der Waals surface area (Å²) in [6.07, 6.45) is -7.35. The van der Waals surface area contributed by atoms with Crippen LogP contribution in [-0.2, 0) is 23.7 Å². The molecule has 0 bridgehead atoms. The van der Waals surface area contributed by atoms with Gasteiger partial charge in [0.1, 0.15) is 0 Å². The maximum atomic E-state index is 13.2. The minimum Gasteiger partial charge on any atom is -0.351 e. The summed E-state index contributed by atoms with van der Waals surface area (Å²) >= 11 is 1.40. The van der Waals surface area contributed by atoms with Crippen molar-refractivity contribution in [1.29, 1.82) is 0 Å². The fourth-order valence-electron chi connectivity index (χ4n) is 4.85. The minimum atomic E-state index is -4.94. The molecule has 2 heterocycles. The molecule has 0 saturated carbocycles. The van der Waals surface area contributed by atoms with Crippen molar-refractivity contribution in [2.75, 3.05) is 19.6 Å². The number of nitrogens with zero attached hydrogens (tertiary/aromatic N) is 1. The molecule has 3 nitrogen and oxygen atoms in total. The first-order chi connectivity index (χ1) is 18.0. The second-order valence-electron chi connectivity index (χ2n) is 9.52. The summed E-state index contributed by atoms with van der Waals surface area (Å²) in [5.74, 6) is -0.467. The van der Waals surface area contributed by atoms with Gasteiger partial charge >= 0.3 is 12.4 Å². The number of alkyl halides is 6. The molecule has 1 atom stereocenters. The van der Waals surface area contributed by atoms with Gasteiger partial charge in [-0.3, -0.25) is 4.79 Å². The third-order valence-electron chi connectivity index (χ3n) is 6.91. The number of halogens is 6. The molecule has 10 heteroatoms. The van der Waals surface area contributed by atoms with Gasteiger partial charge in [0.05, 0.1) is 17.0 Å². The number of piperidine rings is 1. The molecular formula is C28H28F6N2OS. The van der Waals surface area contributed by atoms with Crippen LogP contribution in [0.5, 0.6) is 0 Å². The fourth-order valence-corrected chi connectivity index (χ4v) is 5.71. The average Bonchev–Trinajstić information content (AvgIpc) is 3.42. The highest BCUT2D eigenvalue weighted by atomic mass is 32.1. The first-order valence-corrected chi connectivity index (χ1v) is 13.3. The first-order valence-electron chi connectivity index (χ1n) is 12.4. The van der Waals surface area contributed by atoms with Gasteiger partial charge in [0.15, 0.2) is 0 Å². The maximum absolute atomic E-state index is 13.2. The summed E-state index contributed by atoms with van der Waals surface area (Å²) < 4.78 is 79.1. The Balaban J connectivity index is 1.39. The standard InChI is InChI=1S/C28H28F6N2OS/c29-27(30,31)22-15-19(16-23(17-22)28(32,33)34)18-35-26(37)24(25-7-4-14-38-25)10-13-36-11-8-21(9-12-36)20-5-2-1-3-6-20/h1-7,14-17,21,24H,8-13,18H2,(H,35,37). The molecule has 0 spiro atoms. The summed E-state index contributed by atoms with van der Waals surface area (Å²) in [7, 11) is 0. The molecule has 1 aliphatic heterocycles. The number of likely N-dealkylation sites (tertiary alicyclic amines) is 1.